The lowest BCUT2D eigenvalue weighted by Crippen LogP contribution is -1.98. The molecule has 4 rings (SSSR count). The van der Waals surface area contributed by atoms with E-state index in [0.717, 1.165) is 18.5 Å². The predicted molar refractivity (Wildman–Crippen MR) is 86.4 cm³/mol. The van der Waals surface area contributed by atoms with Crippen LogP contribution >= 0.6 is 0 Å². The lowest BCUT2D eigenvalue weighted by Gasteiger charge is -2.07. The van der Waals surface area contributed by atoms with Crippen molar-refractivity contribution in [1.29, 1.82) is 0 Å². The van der Waals surface area contributed by atoms with Gasteiger partial charge >= 0.3 is 0 Å². The van der Waals surface area contributed by atoms with Gasteiger partial charge in [0.1, 0.15) is 16.9 Å². The number of H-pyrrole nitrogens is 1. The van der Waals surface area contributed by atoms with Crippen LogP contribution in [-0.4, -0.2) is 25.4 Å². The van der Waals surface area contributed by atoms with Crippen LogP contribution in [0.2, 0.25) is 0 Å². The van der Waals surface area contributed by atoms with Crippen LogP contribution in [0.3, 0.4) is 0 Å². The summed E-state index contributed by atoms with van der Waals surface area (Å²) in [5.41, 5.74) is 1.72. The van der Waals surface area contributed by atoms with E-state index in [1.54, 1.807) is 12.1 Å². The molecule has 0 spiro atoms. The fourth-order valence-corrected chi connectivity index (χ4v) is 2.65. The van der Waals surface area contributed by atoms with E-state index in [0.29, 0.717) is 28.8 Å². The highest BCUT2D eigenvalue weighted by molar-refractivity contribution is 5.81. The van der Waals surface area contributed by atoms with E-state index in [4.69, 9.17) is 4.42 Å². The molecule has 3 heterocycles. The number of hydrogen-bond donors (Lipinski definition) is 1. The van der Waals surface area contributed by atoms with Crippen molar-refractivity contribution in [2.24, 2.45) is 0 Å². The molecule has 0 radical (unpaired) electrons. The molecule has 0 aliphatic heterocycles. The van der Waals surface area contributed by atoms with Crippen LogP contribution in [0.5, 0.6) is 0 Å². The highest BCUT2D eigenvalue weighted by Crippen LogP contribution is 2.35. The summed E-state index contributed by atoms with van der Waals surface area (Å²) >= 11 is 0. The smallest absolute Gasteiger partial charge is 0.202 e. The van der Waals surface area contributed by atoms with Gasteiger partial charge in [-0.3, -0.25) is 5.10 Å². The van der Waals surface area contributed by atoms with Gasteiger partial charge in [0, 0.05) is 5.56 Å². The van der Waals surface area contributed by atoms with Gasteiger partial charge in [-0.1, -0.05) is 11.3 Å². The van der Waals surface area contributed by atoms with E-state index in [-0.39, 0.29) is 17.0 Å². The third-order valence-electron chi connectivity index (χ3n) is 3.83. The number of pyridine rings is 1. The summed E-state index contributed by atoms with van der Waals surface area (Å²) in [5, 5.41) is 10.2. The first-order valence-corrected chi connectivity index (χ1v) is 7.49. The summed E-state index contributed by atoms with van der Waals surface area (Å²) in [7, 11) is 0. The Labute approximate surface area is 144 Å². The third kappa shape index (κ3) is 2.44. The molecule has 0 amide bonds. The Balaban J connectivity index is 1.95. The minimum absolute atomic E-state index is 0.00190. The zero-order chi connectivity index (χ0) is 18.3. The van der Waals surface area contributed by atoms with Gasteiger partial charge in [-0.15, -0.1) is 11.7 Å². The molecule has 130 valence electrons. The molecular formula is C17H10F3N5O. The Morgan fingerprint density at radius 2 is 2.00 bits per heavy atom. The van der Waals surface area contributed by atoms with Gasteiger partial charge in [-0.25, -0.2) is 23.1 Å². The molecule has 0 unspecified atom stereocenters. The number of halogens is 3. The lowest BCUT2D eigenvalue weighted by molar-refractivity contribution is 0.449. The number of nitrogens with zero attached hydrogens (tertiary/aromatic N) is 4. The van der Waals surface area contributed by atoms with E-state index in [1.165, 1.54) is 0 Å². The van der Waals surface area contributed by atoms with Crippen molar-refractivity contribution < 1.29 is 17.6 Å². The van der Waals surface area contributed by atoms with Gasteiger partial charge < -0.3 is 4.42 Å². The van der Waals surface area contributed by atoms with Crippen LogP contribution in [0.4, 0.5) is 13.2 Å². The number of hydrogen-bond acceptors (Lipinski definition) is 5. The van der Waals surface area contributed by atoms with Crippen molar-refractivity contribution in [2.75, 3.05) is 0 Å². The molecule has 0 fully saturated rings. The Hall–Kier alpha value is -3.49. The van der Waals surface area contributed by atoms with Gasteiger partial charge in [0.2, 0.25) is 5.65 Å². The Morgan fingerprint density at radius 3 is 2.81 bits per heavy atom. The van der Waals surface area contributed by atoms with Crippen LogP contribution in [-0.2, 0) is 6.42 Å². The van der Waals surface area contributed by atoms with Gasteiger partial charge in [-0.05, 0) is 30.2 Å². The van der Waals surface area contributed by atoms with Gasteiger partial charge in [-0.2, -0.15) is 0 Å². The second-order valence-electron chi connectivity index (χ2n) is 5.42. The maximum Gasteiger partial charge on any atom is 0.202 e. The van der Waals surface area contributed by atoms with Gasteiger partial charge in [0.25, 0.3) is 0 Å². The quantitative estimate of drug-likeness (QED) is 0.444. The number of aromatic nitrogens is 5. The van der Waals surface area contributed by atoms with Crippen molar-refractivity contribution in [3.05, 3.63) is 60.3 Å². The molecule has 3 aromatic heterocycles. The normalized spacial score (nSPS) is 11.2. The zero-order valence-electron chi connectivity index (χ0n) is 13.1. The highest BCUT2D eigenvalue weighted by atomic mass is 19.2. The molecule has 1 N–H and O–H groups in total. The minimum Gasteiger partial charge on any atom is -0.441 e. The van der Waals surface area contributed by atoms with Crippen molar-refractivity contribution >= 4 is 11.2 Å². The first-order valence-electron chi connectivity index (χ1n) is 7.49. The Morgan fingerprint density at radius 1 is 1.15 bits per heavy atom. The fourth-order valence-electron chi connectivity index (χ4n) is 2.65. The number of fused-ring (bicyclic) bond motifs is 1. The number of rotatable bonds is 4. The van der Waals surface area contributed by atoms with Crippen LogP contribution in [0.15, 0.2) is 41.7 Å². The standard InChI is InChI=1S/C17H10F3N5O/c1-2-3-8-6-11-17(24-25-23-11)22-14(8)16-15(21-7-26-16)9-4-5-10(18)13(20)12(9)19/h2,4-7H,1,3H2,(H,22,23,24,25). The molecule has 0 saturated carbocycles. The lowest BCUT2D eigenvalue weighted by atomic mass is 10.0. The maximum absolute atomic E-state index is 14.2. The van der Waals surface area contributed by atoms with E-state index < -0.39 is 17.5 Å². The summed E-state index contributed by atoms with van der Waals surface area (Å²) in [6.07, 6.45) is 3.17. The van der Waals surface area contributed by atoms with E-state index in [2.05, 4.69) is 32.0 Å². The number of benzene rings is 1. The summed E-state index contributed by atoms with van der Waals surface area (Å²) in [6.45, 7) is 3.70. The van der Waals surface area contributed by atoms with E-state index in [1.807, 2.05) is 0 Å². The van der Waals surface area contributed by atoms with Gasteiger partial charge in [0.15, 0.2) is 29.6 Å². The van der Waals surface area contributed by atoms with E-state index in [9.17, 15) is 13.2 Å². The molecule has 26 heavy (non-hydrogen) atoms. The van der Waals surface area contributed by atoms with Gasteiger partial charge in [0.05, 0.1) is 0 Å². The van der Waals surface area contributed by atoms with Crippen LogP contribution in [0.25, 0.3) is 33.9 Å². The number of nitrogens with one attached hydrogen (secondary N) is 1. The minimum atomic E-state index is -1.58. The largest absolute Gasteiger partial charge is 0.441 e. The second kappa shape index (κ2) is 6.10. The molecular weight excluding hydrogens is 347 g/mol. The van der Waals surface area contributed by atoms with Crippen LogP contribution < -0.4 is 0 Å². The molecule has 0 aliphatic rings. The maximum atomic E-state index is 14.2. The monoisotopic (exact) mass is 357 g/mol. The number of aromatic amines is 1. The molecule has 0 aliphatic carbocycles. The molecule has 1 aromatic carbocycles. The SMILES string of the molecule is C=CCc1cc2[nH]nnc2nc1-c1ocnc1-c1ccc(F)c(F)c1F. The second-order valence-corrected chi connectivity index (χ2v) is 5.42. The molecule has 0 saturated heterocycles. The average Bonchev–Trinajstić information content (AvgIpc) is 3.28. The summed E-state index contributed by atoms with van der Waals surface area (Å²) < 4.78 is 46.5. The Bertz CT molecular complexity index is 1130. The number of oxazole rings is 1. The van der Waals surface area contributed by atoms with E-state index >= 15 is 0 Å². The average molecular weight is 357 g/mol. The topological polar surface area (TPSA) is 80.5 Å². The molecule has 0 atom stereocenters. The van der Waals surface area contributed by atoms with Crippen molar-refractivity contribution in [3.63, 3.8) is 0 Å². The summed E-state index contributed by atoms with van der Waals surface area (Å²) in [5.74, 6) is -4.11. The first-order chi connectivity index (χ1) is 12.6. The van der Waals surface area contributed by atoms with Crippen molar-refractivity contribution in [3.8, 4) is 22.7 Å². The molecule has 4 aromatic rings. The summed E-state index contributed by atoms with van der Waals surface area (Å²) in [4.78, 5) is 8.33. The molecule has 6 nitrogen and oxygen atoms in total. The van der Waals surface area contributed by atoms with Crippen LogP contribution in [0.1, 0.15) is 5.56 Å². The third-order valence-corrected chi connectivity index (χ3v) is 3.83. The fraction of sp³-hybridized carbons (Fsp3) is 0.0588. The first kappa shape index (κ1) is 16.0. The van der Waals surface area contributed by atoms with Crippen LogP contribution in [0, 0.1) is 17.5 Å². The molecule has 0 bridgehead atoms. The summed E-state index contributed by atoms with van der Waals surface area (Å²) in [6, 6.07) is 3.68. The number of allylic oxidation sites excluding steroid dienone is 1. The highest BCUT2D eigenvalue weighted by Gasteiger charge is 2.23. The molecule has 9 heteroatoms. The van der Waals surface area contributed by atoms with Crippen molar-refractivity contribution in [1.82, 2.24) is 25.4 Å². The zero-order valence-corrected chi connectivity index (χ0v) is 13.1. The predicted octanol–water partition coefficient (Wildman–Crippen LogP) is 3.82. The Kier molecular flexibility index (Phi) is 3.76. The van der Waals surface area contributed by atoms with Crippen molar-refractivity contribution in [2.45, 2.75) is 6.42 Å².